The molecule has 0 unspecified atom stereocenters. The van der Waals surface area contributed by atoms with Gasteiger partial charge < -0.3 is 15.7 Å². The maximum Gasteiger partial charge on any atom is 0.315 e. The van der Waals surface area contributed by atoms with Crippen LogP contribution in [0.3, 0.4) is 0 Å². The molecule has 1 fully saturated rings. The lowest BCUT2D eigenvalue weighted by Gasteiger charge is -2.32. The zero-order valence-corrected chi connectivity index (χ0v) is 13.4. The number of nitrogens with one attached hydrogen (secondary N) is 2. The normalized spacial score (nSPS) is 18.4. The highest BCUT2D eigenvalue weighted by atomic mass is 32.1. The van der Waals surface area contributed by atoms with Crippen molar-refractivity contribution in [1.29, 1.82) is 0 Å². The van der Waals surface area contributed by atoms with Gasteiger partial charge in [-0.15, -0.1) is 0 Å². The van der Waals surface area contributed by atoms with E-state index in [9.17, 15) is 4.79 Å². The van der Waals surface area contributed by atoms with Crippen molar-refractivity contribution in [2.24, 2.45) is 0 Å². The largest absolute Gasteiger partial charge is 0.394 e. The van der Waals surface area contributed by atoms with Crippen molar-refractivity contribution in [3.63, 3.8) is 0 Å². The van der Waals surface area contributed by atoms with E-state index in [0.717, 1.165) is 38.9 Å². The number of hydrogen-bond acceptors (Lipinski definition) is 4. The van der Waals surface area contributed by atoms with Crippen molar-refractivity contribution in [3.8, 4) is 0 Å². The SMILES string of the molecule is CC[C@@H](CO)NC(=O)NC1CCN(Cc2ccsc2)CC1. The van der Waals surface area contributed by atoms with Crippen molar-refractivity contribution in [3.05, 3.63) is 22.4 Å². The first kappa shape index (κ1) is 16.3. The zero-order valence-electron chi connectivity index (χ0n) is 12.5. The summed E-state index contributed by atoms with van der Waals surface area (Å²) >= 11 is 1.73. The molecule has 1 aromatic rings. The Bertz CT molecular complexity index is 413. The van der Waals surface area contributed by atoms with Crippen LogP contribution >= 0.6 is 11.3 Å². The van der Waals surface area contributed by atoms with Crippen LogP contribution in [0, 0.1) is 0 Å². The Kier molecular flexibility index (Phi) is 6.48. The molecule has 1 aliphatic heterocycles. The number of carbonyl (C=O) groups is 1. The van der Waals surface area contributed by atoms with Gasteiger partial charge in [0, 0.05) is 25.7 Å². The summed E-state index contributed by atoms with van der Waals surface area (Å²) in [5.74, 6) is 0. The van der Waals surface area contributed by atoms with Crippen LogP contribution in [-0.4, -0.2) is 47.8 Å². The van der Waals surface area contributed by atoms with Crippen LogP contribution in [0.2, 0.25) is 0 Å². The summed E-state index contributed by atoms with van der Waals surface area (Å²) in [7, 11) is 0. The van der Waals surface area contributed by atoms with E-state index in [0.29, 0.717) is 0 Å². The molecule has 1 aromatic heterocycles. The second kappa shape index (κ2) is 8.36. The summed E-state index contributed by atoms with van der Waals surface area (Å²) in [6, 6.07) is 2.10. The van der Waals surface area contributed by atoms with Crippen molar-refractivity contribution >= 4 is 17.4 Å². The van der Waals surface area contributed by atoms with Gasteiger partial charge in [0.25, 0.3) is 0 Å². The van der Waals surface area contributed by atoms with E-state index in [2.05, 4.69) is 32.4 Å². The molecular formula is C15H25N3O2S. The van der Waals surface area contributed by atoms with Crippen molar-refractivity contribution < 1.29 is 9.90 Å². The van der Waals surface area contributed by atoms with E-state index in [1.54, 1.807) is 11.3 Å². The average Bonchev–Trinajstić information content (AvgIpc) is 3.00. The third kappa shape index (κ3) is 5.30. The number of carbonyl (C=O) groups excluding carboxylic acids is 1. The molecular weight excluding hydrogens is 286 g/mol. The van der Waals surface area contributed by atoms with Gasteiger partial charge in [-0.25, -0.2) is 4.79 Å². The molecule has 0 aliphatic carbocycles. The fourth-order valence-electron chi connectivity index (χ4n) is 2.57. The highest BCUT2D eigenvalue weighted by Crippen LogP contribution is 2.15. The molecule has 2 rings (SSSR count). The van der Waals surface area contributed by atoms with Gasteiger partial charge in [0.05, 0.1) is 12.6 Å². The van der Waals surface area contributed by atoms with Crippen molar-refractivity contribution in [2.45, 2.75) is 44.8 Å². The monoisotopic (exact) mass is 311 g/mol. The molecule has 1 atom stereocenters. The highest BCUT2D eigenvalue weighted by Gasteiger charge is 2.21. The van der Waals surface area contributed by atoms with E-state index in [-0.39, 0.29) is 24.7 Å². The third-order valence-corrected chi connectivity index (χ3v) is 4.69. The summed E-state index contributed by atoms with van der Waals surface area (Å²) < 4.78 is 0. The summed E-state index contributed by atoms with van der Waals surface area (Å²) in [6.07, 6.45) is 2.70. The van der Waals surface area contributed by atoms with E-state index in [1.165, 1.54) is 5.56 Å². The van der Waals surface area contributed by atoms with E-state index in [1.807, 2.05) is 6.92 Å². The molecule has 0 aromatic carbocycles. The second-order valence-electron chi connectivity index (χ2n) is 5.59. The minimum absolute atomic E-state index is 0.0109. The van der Waals surface area contributed by atoms with Gasteiger partial charge in [-0.1, -0.05) is 6.92 Å². The van der Waals surface area contributed by atoms with E-state index >= 15 is 0 Å². The fourth-order valence-corrected chi connectivity index (χ4v) is 3.23. The van der Waals surface area contributed by atoms with Crippen LogP contribution in [0.4, 0.5) is 4.79 Å². The number of aliphatic hydroxyl groups is 1. The van der Waals surface area contributed by atoms with Gasteiger partial charge in [-0.05, 0) is 41.7 Å². The first-order valence-electron chi connectivity index (χ1n) is 7.62. The van der Waals surface area contributed by atoms with Gasteiger partial charge >= 0.3 is 6.03 Å². The smallest absolute Gasteiger partial charge is 0.315 e. The number of aliphatic hydroxyl groups excluding tert-OH is 1. The predicted molar refractivity (Wildman–Crippen MR) is 85.5 cm³/mol. The summed E-state index contributed by atoms with van der Waals surface area (Å²) in [6.45, 7) is 4.97. The Morgan fingerprint density at radius 2 is 2.29 bits per heavy atom. The van der Waals surface area contributed by atoms with Crippen LogP contribution in [0.5, 0.6) is 0 Å². The van der Waals surface area contributed by atoms with Gasteiger partial charge in [0.15, 0.2) is 0 Å². The standard InChI is InChI=1S/C15H25N3O2S/c1-2-13(10-19)16-15(20)17-14-3-6-18(7-4-14)9-12-5-8-21-11-12/h5,8,11,13-14,19H,2-4,6-7,9-10H2,1H3,(H2,16,17,20)/t13-/m0/s1. The van der Waals surface area contributed by atoms with Gasteiger partial charge in [-0.2, -0.15) is 11.3 Å². The molecule has 3 N–H and O–H groups in total. The molecule has 0 bridgehead atoms. The van der Waals surface area contributed by atoms with Gasteiger partial charge in [-0.3, -0.25) is 4.90 Å². The maximum absolute atomic E-state index is 11.8. The van der Waals surface area contributed by atoms with Crippen LogP contribution in [-0.2, 0) is 6.54 Å². The number of piperidine rings is 1. The Balaban J connectivity index is 1.67. The summed E-state index contributed by atoms with van der Waals surface area (Å²) in [4.78, 5) is 14.3. The number of rotatable bonds is 6. The molecule has 2 heterocycles. The lowest BCUT2D eigenvalue weighted by molar-refractivity contribution is 0.181. The van der Waals surface area contributed by atoms with E-state index in [4.69, 9.17) is 5.11 Å². The highest BCUT2D eigenvalue weighted by molar-refractivity contribution is 7.07. The number of likely N-dealkylation sites (tertiary alicyclic amines) is 1. The second-order valence-corrected chi connectivity index (χ2v) is 6.37. The van der Waals surface area contributed by atoms with Crippen LogP contribution in [0.15, 0.2) is 16.8 Å². The molecule has 1 aliphatic rings. The molecule has 0 radical (unpaired) electrons. The van der Waals surface area contributed by atoms with Crippen molar-refractivity contribution in [2.75, 3.05) is 19.7 Å². The number of thiophene rings is 1. The Labute approximate surface area is 130 Å². The lowest BCUT2D eigenvalue weighted by Crippen LogP contribution is -2.50. The van der Waals surface area contributed by atoms with Crippen LogP contribution < -0.4 is 10.6 Å². The number of amides is 2. The molecule has 2 amide bonds. The number of hydrogen-bond donors (Lipinski definition) is 3. The molecule has 118 valence electrons. The van der Waals surface area contributed by atoms with E-state index < -0.39 is 0 Å². The Hall–Kier alpha value is -1.11. The molecule has 1 saturated heterocycles. The molecule has 5 nitrogen and oxygen atoms in total. The quantitative estimate of drug-likeness (QED) is 0.750. The third-order valence-electron chi connectivity index (χ3n) is 3.96. The van der Waals surface area contributed by atoms with Crippen LogP contribution in [0.25, 0.3) is 0 Å². The number of urea groups is 1. The summed E-state index contributed by atoms with van der Waals surface area (Å²) in [5.41, 5.74) is 1.37. The first-order chi connectivity index (χ1) is 10.2. The fraction of sp³-hybridized carbons (Fsp3) is 0.667. The predicted octanol–water partition coefficient (Wildman–Crippen LogP) is 1.78. The minimum atomic E-state index is -0.160. The molecule has 0 saturated carbocycles. The molecule has 21 heavy (non-hydrogen) atoms. The number of nitrogens with zero attached hydrogens (tertiary/aromatic N) is 1. The maximum atomic E-state index is 11.8. The van der Waals surface area contributed by atoms with Crippen LogP contribution in [0.1, 0.15) is 31.7 Å². The van der Waals surface area contributed by atoms with Gasteiger partial charge in [0.1, 0.15) is 0 Å². The Morgan fingerprint density at radius 1 is 1.52 bits per heavy atom. The van der Waals surface area contributed by atoms with Gasteiger partial charge in [0.2, 0.25) is 0 Å². The Morgan fingerprint density at radius 3 is 2.86 bits per heavy atom. The molecule has 6 heteroatoms. The summed E-state index contributed by atoms with van der Waals surface area (Å²) in [5, 5.41) is 19.2. The lowest BCUT2D eigenvalue weighted by atomic mass is 10.0. The van der Waals surface area contributed by atoms with Crippen molar-refractivity contribution in [1.82, 2.24) is 15.5 Å². The first-order valence-corrected chi connectivity index (χ1v) is 8.56. The average molecular weight is 311 g/mol. The zero-order chi connectivity index (χ0) is 15.1. The minimum Gasteiger partial charge on any atom is -0.394 e. The topological polar surface area (TPSA) is 64.6 Å². The molecule has 0 spiro atoms.